The van der Waals surface area contributed by atoms with Gasteiger partial charge in [-0.15, -0.1) is 0 Å². The fourth-order valence-electron chi connectivity index (χ4n) is 3.28. The zero-order valence-electron chi connectivity index (χ0n) is 17.5. The first-order chi connectivity index (χ1) is 12.6. The molecule has 0 bridgehead atoms. The Morgan fingerprint density at radius 3 is 1.42 bits per heavy atom. The number of rotatable bonds is 18. The van der Waals surface area contributed by atoms with Gasteiger partial charge in [0.25, 0.3) is 0 Å². The third-order valence-corrected chi connectivity index (χ3v) is 5.05. The van der Waals surface area contributed by atoms with Gasteiger partial charge in [0.05, 0.1) is 14.2 Å². The number of carbonyl (C=O) groups is 2. The van der Waals surface area contributed by atoms with E-state index in [1.807, 2.05) is 0 Å². The Balaban J connectivity index is 3.15. The van der Waals surface area contributed by atoms with Crippen LogP contribution in [0.4, 0.5) is 0 Å². The van der Waals surface area contributed by atoms with Crippen molar-refractivity contribution in [2.75, 3.05) is 14.2 Å². The van der Waals surface area contributed by atoms with Crippen LogP contribution in [0.2, 0.25) is 0 Å². The molecular weight excluding hydrogens is 328 g/mol. The molecule has 0 aromatic carbocycles. The zero-order chi connectivity index (χ0) is 19.5. The van der Waals surface area contributed by atoms with Crippen LogP contribution in [0, 0.1) is 5.92 Å². The molecule has 0 saturated carbocycles. The Morgan fingerprint density at radius 1 is 0.615 bits per heavy atom. The quantitative estimate of drug-likeness (QED) is 0.212. The average molecular weight is 371 g/mol. The van der Waals surface area contributed by atoms with Crippen LogP contribution in [0.3, 0.4) is 0 Å². The second-order valence-corrected chi connectivity index (χ2v) is 7.60. The van der Waals surface area contributed by atoms with Gasteiger partial charge in [-0.3, -0.25) is 9.59 Å². The van der Waals surface area contributed by atoms with Crippen LogP contribution in [0.1, 0.15) is 110 Å². The van der Waals surface area contributed by atoms with Crippen LogP contribution in [0.15, 0.2) is 0 Å². The SMILES string of the molecule is COC(=O)CCCCCCCCCCCCCCCC(C)CC(=O)OC. The smallest absolute Gasteiger partial charge is 0.305 e. The third kappa shape index (κ3) is 17.8. The highest BCUT2D eigenvalue weighted by Gasteiger charge is 2.08. The van der Waals surface area contributed by atoms with Gasteiger partial charge in [-0.1, -0.05) is 90.4 Å². The van der Waals surface area contributed by atoms with Crippen molar-refractivity contribution in [1.29, 1.82) is 0 Å². The summed E-state index contributed by atoms with van der Waals surface area (Å²) in [7, 11) is 2.92. The maximum absolute atomic E-state index is 11.2. The van der Waals surface area contributed by atoms with Crippen molar-refractivity contribution >= 4 is 11.9 Å². The lowest BCUT2D eigenvalue weighted by Crippen LogP contribution is -2.06. The number of carbonyl (C=O) groups excluding carboxylic acids is 2. The number of ether oxygens (including phenoxy) is 2. The highest BCUT2D eigenvalue weighted by molar-refractivity contribution is 5.69. The van der Waals surface area contributed by atoms with Crippen molar-refractivity contribution in [2.24, 2.45) is 5.92 Å². The standard InChI is InChI=1S/C22H42O4/c1-20(19-22(24)26-3)17-15-13-11-9-7-5-4-6-8-10-12-14-16-18-21(23)25-2/h20H,4-19H2,1-3H3. The Hall–Kier alpha value is -1.06. The van der Waals surface area contributed by atoms with Crippen LogP contribution in [0.5, 0.6) is 0 Å². The number of hydrogen-bond donors (Lipinski definition) is 0. The van der Waals surface area contributed by atoms with Crippen LogP contribution in [0.25, 0.3) is 0 Å². The van der Waals surface area contributed by atoms with E-state index in [0.717, 1.165) is 19.3 Å². The molecule has 0 aliphatic heterocycles. The zero-order valence-corrected chi connectivity index (χ0v) is 17.5. The second kappa shape index (κ2) is 18.7. The highest BCUT2D eigenvalue weighted by Crippen LogP contribution is 2.16. The van der Waals surface area contributed by atoms with Gasteiger partial charge in [0, 0.05) is 12.8 Å². The fraction of sp³-hybridized carbons (Fsp3) is 0.909. The molecular formula is C22H42O4. The topological polar surface area (TPSA) is 52.6 Å². The fourth-order valence-corrected chi connectivity index (χ4v) is 3.28. The third-order valence-electron chi connectivity index (χ3n) is 5.05. The highest BCUT2D eigenvalue weighted by atomic mass is 16.5. The van der Waals surface area contributed by atoms with E-state index in [1.54, 1.807) is 0 Å². The predicted molar refractivity (Wildman–Crippen MR) is 107 cm³/mol. The molecule has 0 saturated heterocycles. The lowest BCUT2D eigenvalue weighted by molar-refractivity contribution is -0.142. The maximum atomic E-state index is 11.2. The number of esters is 2. The van der Waals surface area contributed by atoms with Crippen molar-refractivity contribution in [3.63, 3.8) is 0 Å². The summed E-state index contributed by atoms with van der Waals surface area (Å²) in [5, 5.41) is 0. The maximum Gasteiger partial charge on any atom is 0.305 e. The molecule has 0 heterocycles. The molecule has 1 atom stereocenters. The Bertz CT molecular complexity index is 341. The molecule has 0 aromatic rings. The van der Waals surface area contributed by atoms with E-state index in [0.29, 0.717) is 18.8 Å². The molecule has 154 valence electrons. The van der Waals surface area contributed by atoms with Gasteiger partial charge in [0.15, 0.2) is 0 Å². The molecule has 0 N–H and O–H groups in total. The summed E-state index contributed by atoms with van der Waals surface area (Å²) in [6, 6.07) is 0. The van der Waals surface area contributed by atoms with Crippen LogP contribution >= 0.6 is 0 Å². The van der Waals surface area contributed by atoms with Crippen molar-refractivity contribution < 1.29 is 19.1 Å². The molecule has 4 heteroatoms. The predicted octanol–water partition coefficient (Wildman–Crippen LogP) is 6.21. The van der Waals surface area contributed by atoms with Gasteiger partial charge in [-0.25, -0.2) is 0 Å². The number of unbranched alkanes of at least 4 members (excludes halogenated alkanes) is 12. The van der Waals surface area contributed by atoms with Crippen LogP contribution in [-0.2, 0) is 19.1 Å². The summed E-state index contributed by atoms with van der Waals surface area (Å²) in [6.45, 7) is 2.13. The largest absolute Gasteiger partial charge is 0.469 e. The van der Waals surface area contributed by atoms with E-state index < -0.39 is 0 Å². The second-order valence-electron chi connectivity index (χ2n) is 7.60. The lowest BCUT2D eigenvalue weighted by Gasteiger charge is -2.09. The van der Waals surface area contributed by atoms with Gasteiger partial charge in [-0.05, 0) is 12.3 Å². The molecule has 1 unspecified atom stereocenters. The van der Waals surface area contributed by atoms with E-state index in [9.17, 15) is 9.59 Å². The minimum atomic E-state index is -0.0845. The molecule has 0 aromatic heterocycles. The summed E-state index contributed by atoms with van der Waals surface area (Å²) in [4.78, 5) is 22.1. The van der Waals surface area contributed by atoms with Crippen LogP contribution < -0.4 is 0 Å². The molecule has 26 heavy (non-hydrogen) atoms. The van der Waals surface area contributed by atoms with E-state index in [2.05, 4.69) is 11.7 Å². The van der Waals surface area contributed by atoms with Crippen LogP contribution in [-0.4, -0.2) is 26.2 Å². The van der Waals surface area contributed by atoms with E-state index >= 15 is 0 Å². The number of methoxy groups -OCH3 is 2. The summed E-state index contributed by atoms with van der Waals surface area (Å²) in [5.74, 6) is 0.280. The molecule has 4 nitrogen and oxygen atoms in total. The molecule has 0 radical (unpaired) electrons. The average Bonchev–Trinajstić information content (AvgIpc) is 2.64. The number of hydrogen-bond acceptors (Lipinski definition) is 4. The van der Waals surface area contributed by atoms with Gasteiger partial charge in [0.2, 0.25) is 0 Å². The Kier molecular flexibility index (Phi) is 18.0. The lowest BCUT2D eigenvalue weighted by atomic mass is 9.99. The first kappa shape index (κ1) is 24.9. The molecule has 0 aliphatic rings. The molecule has 0 amide bonds. The summed E-state index contributed by atoms with van der Waals surface area (Å²) in [6.07, 6.45) is 18.9. The van der Waals surface area contributed by atoms with Crippen molar-refractivity contribution in [2.45, 2.75) is 110 Å². The van der Waals surface area contributed by atoms with Gasteiger partial charge < -0.3 is 9.47 Å². The van der Waals surface area contributed by atoms with Crippen molar-refractivity contribution in [1.82, 2.24) is 0 Å². The van der Waals surface area contributed by atoms with Gasteiger partial charge >= 0.3 is 11.9 Å². The molecule has 0 rings (SSSR count). The summed E-state index contributed by atoms with van der Waals surface area (Å²) < 4.78 is 9.34. The van der Waals surface area contributed by atoms with Gasteiger partial charge in [0.1, 0.15) is 0 Å². The molecule has 0 spiro atoms. The van der Waals surface area contributed by atoms with E-state index in [4.69, 9.17) is 4.74 Å². The van der Waals surface area contributed by atoms with Gasteiger partial charge in [-0.2, -0.15) is 0 Å². The normalized spacial score (nSPS) is 12.0. The monoisotopic (exact) mass is 370 g/mol. The van der Waals surface area contributed by atoms with Crippen molar-refractivity contribution in [3.05, 3.63) is 0 Å². The van der Waals surface area contributed by atoms with E-state index in [-0.39, 0.29) is 11.9 Å². The van der Waals surface area contributed by atoms with E-state index in [1.165, 1.54) is 84.8 Å². The Labute approximate surface area is 161 Å². The van der Waals surface area contributed by atoms with Crippen molar-refractivity contribution in [3.8, 4) is 0 Å². The molecule has 0 aliphatic carbocycles. The first-order valence-electron chi connectivity index (χ1n) is 10.7. The molecule has 0 fully saturated rings. The summed E-state index contributed by atoms with van der Waals surface area (Å²) in [5.41, 5.74) is 0. The Morgan fingerprint density at radius 2 is 1.00 bits per heavy atom. The first-order valence-corrected chi connectivity index (χ1v) is 10.7. The minimum absolute atomic E-state index is 0.0827. The summed E-state index contributed by atoms with van der Waals surface area (Å²) >= 11 is 0. The minimum Gasteiger partial charge on any atom is -0.469 e.